The molecule has 2 aromatic rings. The Hall–Kier alpha value is -2.60. The third-order valence-electron chi connectivity index (χ3n) is 6.16. The van der Waals surface area contributed by atoms with Crippen LogP contribution >= 0.6 is 0 Å². The van der Waals surface area contributed by atoms with Crippen LogP contribution in [0.4, 0.5) is 0 Å². The summed E-state index contributed by atoms with van der Waals surface area (Å²) in [5, 5.41) is 0. The van der Waals surface area contributed by atoms with Crippen LogP contribution in [0, 0.1) is 0 Å². The quantitative estimate of drug-likeness (QED) is 0.821. The topological polar surface area (TPSA) is 54.9 Å². The Balaban J connectivity index is 1.24. The highest BCUT2D eigenvalue weighted by molar-refractivity contribution is 5.74. The predicted molar refractivity (Wildman–Crippen MR) is 104 cm³/mol. The lowest BCUT2D eigenvalue weighted by atomic mass is 9.90. The number of hydrogen-bond donors (Lipinski definition) is 0. The molecule has 4 aliphatic heterocycles. The number of fused-ring (bicyclic) bond motifs is 4. The summed E-state index contributed by atoms with van der Waals surface area (Å²) in [6.07, 6.45) is 3.90. The third-order valence-corrected chi connectivity index (χ3v) is 6.16. The monoisotopic (exact) mass is 379 g/mol. The van der Waals surface area contributed by atoms with Crippen molar-refractivity contribution in [3.05, 3.63) is 53.7 Å². The van der Waals surface area contributed by atoms with Crippen molar-refractivity contribution in [1.29, 1.82) is 0 Å². The molecule has 1 aromatic carbocycles. The molecular weight excluding hydrogens is 354 g/mol. The molecule has 6 heteroatoms. The van der Waals surface area contributed by atoms with Crippen LogP contribution in [0.3, 0.4) is 0 Å². The molecule has 0 spiro atoms. The number of amides is 1. The minimum Gasteiger partial charge on any atom is -0.484 e. The molecule has 28 heavy (non-hydrogen) atoms. The summed E-state index contributed by atoms with van der Waals surface area (Å²) in [4.78, 5) is 20.6. The van der Waals surface area contributed by atoms with Gasteiger partial charge >= 0.3 is 0 Å². The van der Waals surface area contributed by atoms with Gasteiger partial charge in [-0.05, 0) is 36.1 Å². The Morgan fingerprint density at radius 3 is 2.71 bits per heavy atom. The summed E-state index contributed by atoms with van der Waals surface area (Å²) < 4.78 is 11.8. The van der Waals surface area contributed by atoms with Gasteiger partial charge in [0.05, 0.1) is 0 Å². The van der Waals surface area contributed by atoms with Gasteiger partial charge in [0.1, 0.15) is 6.61 Å². The Labute approximate surface area is 165 Å². The van der Waals surface area contributed by atoms with E-state index in [0.717, 1.165) is 31.6 Å². The highest BCUT2D eigenvalue weighted by Gasteiger charge is 2.39. The molecule has 1 unspecified atom stereocenters. The van der Waals surface area contributed by atoms with E-state index in [1.807, 2.05) is 12.1 Å². The number of aromatic nitrogens is 1. The van der Waals surface area contributed by atoms with Gasteiger partial charge in [-0.3, -0.25) is 9.69 Å². The van der Waals surface area contributed by atoms with Crippen molar-refractivity contribution < 1.29 is 14.3 Å². The first-order valence-electron chi connectivity index (χ1n) is 10.0. The first kappa shape index (κ1) is 17.5. The largest absolute Gasteiger partial charge is 0.484 e. The fraction of sp³-hybridized carbons (Fsp3) is 0.455. The van der Waals surface area contributed by atoms with Crippen molar-refractivity contribution >= 4 is 5.91 Å². The summed E-state index contributed by atoms with van der Waals surface area (Å²) in [6.45, 7) is 4.97. The zero-order chi connectivity index (χ0) is 19.1. The minimum atomic E-state index is -0.133. The number of piperidine rings is 2. The van der Waals surface area contributed by atoms with Gasteiger partial charge in [0.15, 0.2) is 11.9 Å². The second-order valence-corrected chi connectivity index (χ2v) is 7.95. The Bertz CT molecular complexity index is 870. The molecule has 1 amide bonds. The molecule has 3 fully saturated rings. The molecule has 3 atom stereocenters. The molecule has 0 N–H and O–H groups in total. The zero-order valence-electron chi connectivity index (χ0n) is 16.1. The molecule has 5 heterocycles. The molecular formula is C22H25N3O3. The van der Waals surface area contributed by atoms with Gasteiger partial charge in [-0.2, -0.15) is 0 Å². The highest BCUT2D eigenvalue weighted by Crippen LogP contribution is 2.34. The van der Waals surface area contributed by atoms with Crippen LogP contribution in [0.25, 0.3) is 0 Å². The van der Waals surface area contributed by atoms with Gasteiger partial charge in [-0.15, -0.1) is 0 Å². The van der Waals surface area contributed by atoms with E-state index >= 15 is 0 Å². The maximum atomic E-state index is 11.8. The zero-order valence-corrected chi connectivity index (χ0v) is 16.1. The molecule has 0 radical (unpaired) electrons. The van der Waals surface area contributed by atoms with Gasteiger partial charge < -0.3 is 14.4 Å². The molecule has 6 rings (SSSR count). The minimum absolute atomic E-state index is 0.133. The second-order valence-electron chi connectivity index (χ2n) is 7.95. The van der Waals surface area contributed by atoms with Crippen molar-refractivity contribution in [3.63, 3.8) is 0 Å². The van der Waals surface area contributed by atoms with E-state index < -0.39 is 0 Å². The Morgan fingerprint density at radius 1 is 1.14 bits per heavy atom. The first-order valence-corrected chi connectivity index (χ1v) is 10.0. The van der Waals surface area contributed by atoms with Crippen molar-refractivity contribution in [3.8, 4) is 11.6 Å². The summed E-state index contributed by atoms with van der Waals surface area (Å²) in [7, 11) is 0. The second kappa shape index (κ2) is 7.09. The SMILES string of the molecule is CC(=O)N1C[C@@H]2CC[C@H]1CN2Cc1ccc(C2COc3cccnc3O2)cc1. The number of ether oxygens (including phenoxy) is 2. The predicted octanol–water partition coefficient (Wildman–Crippen LogP) is 2.79. The van der Waals surface area contributed by atoms with Crippen LogP contribution in [0.1, 0.15) is 37.0 Å². The van der Waals surface area contributed by atoms with Crippen LogP contribution in [0.2, 0.25) is 0 Å². The Kier molecular flexibility index (Phi) is 4.43. The van der Waals surface area contributed by atoms with Crippen LogP contribution in [-0.2, 0) is 11.3 Å². The number of benzene rings is 1. The molecule has 6 nitrogen and oxygen atoms in total. The van der Waals surface area contributed by atoms with Crippen molar-refractivity contribution in [1.82, 2.24) is 14.8 Å². The van der Waals surface area contributed by atoms with E-state index in [9.17, 15) is 4.79 Å². The number of pyridine rings is 1. The lowest BCUT2D eigenvalue weighted by molar-refractivity contribution is -0.139. The lowest BCUT2D eigenvalue weighted by Gasteiger charge is -2.51. The first-order chi connectivity index (χ1) is 13.7. The van der Waals surface area contributed by atoms with Gasteiger partial charge in [0.2, 0.25) is 5.91 Å². The average molecular weight is 379 g/mol. The fourth-order valence-corrected chi connectivity index (χ4v) is 4.64. The lowest BCUT2D eigenvalue weighted by Crippen LogP contribution is -2.63. The maximum Gasteiger partial charge on any atom is 0.257 e. The van der Waals surface area contributed by atoms with Crippen molar-refractivity contribution in [2.24, 2.45) is 0 Å². The summed E-state index contributed by atoms with van der Waals surface area (Å²) in [5.41, 5.74) is 2.39. The third kappa shape index (κ3) is 3.22. The Morgan fingerprint density at radius 2 is 1.96 bits per heavy atom. The number of nitrogens with zero attached hydrogens (tertiary/aromatic N) is 3. The fourth-order valence-electron chi connectivity index (χ4n) is 4.64. The molecule has 0 aliphatic carbocycles. The van der Waals surface area contributed by atoms with E-state index in [4.69, 9.17) is 9.47 Å². The van der Waals surface area contributed by atoms with E-state index in [0.29, 0.717) is 30.3 Å². The van der Waals surface area contributed by atoms with Crippen LogP contribution in [0.15, 0.2) is 42.6 Å². The van der Waals surface area contributed by atoms with Crippen LogP contribution in [-0.4, -0.2) is 52.5 Å². The van der Waals surface area contributed by atoms with E-state index in [1.165, 1.54) is 12.0 Å². The van der Waals surface area contributed by atoms with E-state index in [1.54, 1.807) is 13.1 Å². The van der Waals surface area contributed by atoms with E-state index in [2.05, 4.69) is 39.0 Å². The van der Waals surface area contributed by atoms with Crippen molar-refractivity contribution in [2.45, 2.75) is 44.5 Å². The standard InChI is InChI=1S/C22H25N3O3/c1-15(26)25-13-18-8-9-19(25)12-24(18)11-16-4-6-17(7-5-16)21-14-27-20-3-2-10-23-22(20)28-21/h2-7,10,18-19,21H,8-9,11-14H2,1H3/t18-,19-,21?/m0/s1. The molecule has 0 saturated carbocycles. The summed E-state index contributed by atoms with van der Waals surface area (Å²) >= 11 is 0. The number of carbonyl (C=O) groups excluding carboxylic acids is 1. The normalized spacial score (nSPS) is 26.3. The van der Waals surface area contributed by atoms with Crippen LogP contribution in [0.5, 0.6) is 11.6 Å². The van der Waals surface area contributed by atoms with Crippen molar-refractivity contribution in [2.75, 3.05) is 19.7 Å². The molecule has 4 aliphatic rings. The molecule has 146 valence electrons. The van der Waals surface area contributed by atoms with Gasteiger partial charge in [-0.1, -0.05) is 24.3 Å². The van der Waals surface area contributed by atoms with Gasteiger partial charge in [0.25, 0.3) is 5.88 Å². The summed E-state index contributed by atoms with van der Waals surface area (Å²) in [5.74, 6) is 1.47. The van der Waals surface area contributed by atoms with Crippen LogP contribution < -0.4 is 9.47 Å². The van der Waals surface area contributed by atoms with E-state index in [-0.39, 0.29) is 12.0 Å². The number of piperazine rings is 1. The summed E-state index contributed by atoms with van der Waals surface area (Å²) in [6, 6.07) is 13.2. The molecule has 1 aromatic heterocycles. The van der Waals surface area contributed by atoms with Gasteiger partial charge in [-0.25, -0.2) is 4.98 Å². The number of hydrogen-bond acceptors (Lipinski definition) is 5. The number of carbonyl (C=O) groups is 1. The van der Waals surface area contributed by atoms with Gasteiger partial charge in [0, 0.05) is 44.8 Å². The molecule has 3 saturated heterocycles. The molecule has 2 bridgehead atoms. The highest BCUT2D eigenvalue weighted by atomic mass is 16.6. The smallest absolute Gasteiger partial charge is 0.257 e. The number of rotatable bonds is 3. The maximum absolute atomic E-state index is 11.8. The average Bonchev–Trinajstić information content (AvgIpc) is 2.74.